The Balaban J connectivity index is 1.87. The van der Waals surface area contributed by atoms with Crippen LogP contribution < -0.4 is 14.8 Å². The SMILES string of the molecule is CCc1ccc(C2C(=C([O-])c3ccc(OC)cc3C)C(=O)C(=O)N2Cc2ccc[nH+]c2)cc1. The average molecular weight is 443 g/mol. The number of benzene rings is 2. The summed E-state index contributed by atoms with van der Waals surface area (Å²) in [7, 11) is 1.55. The highest BCUT2D eigenvalue weighted by molar-refractivity contribution is 6.46. The zero-order chi connectivity index (χ0) is 23.5. The Kier molecular flexibility index (Phi) is 6.27. The molecule has 1 saturated heterocycles. The van der Waals surface area contributed by atoms with Crippen molar-refractivity contribution >= 4 is 17.4 Å². The Bertz CT molecular complexity index is 1220. The molecule has 0 radical (unpaired) electrons. The number of hydrogen-bond acceptors (Lipinski definition) is 4. The maximum absolute atomic E-state index is 13.6. The largest absolute Gasteiger partial charge is 0.872 e. The zero-order valence-corrected chi connectivity index (χ0v) is 18.9. The highest BCUT2D eigenvalue weighted by Gasteiger charge is 2.44. The molecule has 168 valence electrons. The minimum Gasteiger partial charge on any atom is -0.872 e. The minimum atomic E-state index is -0.759. The van der Waals surface area contributed by atoms with Gasteiger partial charge in [-0.3, -0.25) is 9.59 Å². The predicted octanol–water partition coefficient (Wildman–Crippen LogP) is 2.80. The Hall–Kier alpha value is -3.93. The molecule has 1 unspecified atom stereocenters. The van der Waals surface area contributed by atoms with E-state index in [-0.39, 0.29) is 12.1 Å². The van der Waals surface area contributed by atoms with E-state index in [1.165, 1.54) is 4.90 Å². The Morgan fingerprint density at radius 3 is 2.45 bits per heavy atom. The van der Waals surface area contributed by atoms with Crippen LogP contribution in [0.25, 0.3) is 5.76 Å². The number of carbonyl (C=O) groups is 2. The van der Waals surface area contributed by atoms with Gasteiger partial charge in [0.2, 0.25) is 5.78 Å². The van der Waals surface area contributed by atoms with E-state index in [4.69, 9.17) is 4.74 Å². The number of nitrogens with zero attached hydrogens (tertiary/aromatic N) is 1. The second-order valence-electron chi connectivity index (χ2n) is 8.10. The lowest BCUT2D eigenvalue weighted by molar-refractivity contribution is -0.378. The Morgan fingerprint density at radius 1 is 1.09 bits per heavy atom. The summed E-state index contributed by atoms with van der Waals surface area (Å²) >= 11 is 0. The summed E-state index contributed by atoms with van der Waals surface area (Å²) in [6.45, 7) is 4.06. The summed E-state index contributed by atoms with van der Waals surface area (Å²) in [5.41, 5.74) is 3.76. The predicted molar refractivity (Wildman–Crippen MR) is 122 cm³/mol. The van der Waals surface area contributed by atoms with Crippen molar-refractivity contribution in [1.82, 2.24) is 4.90 Å². The first-order chi connectivity index (χ1) is 15.9. The number of ether oxygens (including phenoxy) is 1. The van der Waals surface area contributed by atoms with Gasteiger partial charge in [0, 0.05) is 17.2 Å². The van der Waals surface area contributed by atoms with Crippen molar-refractivity contribution in [2.45, 2.75) is 32.9 Å². The molecule has 1 aliphatic heterocycles. The summed E-state index contributed by atoms with van der Waals surface area (Å²) in [4.78, 5) is 30.8. The van der Waals surface area contributed by atoms with Crippen molar-refractivity contribution in [1.29, 1.82) is 0 Å². The van der Waals surface area contributed by atoms with Gasteiger partial charge in [0.25, 0.3) is 5.91 Å². The topological polar surface area (TPSA) is 83.8 Å². The van der Waals surface area contributed by atoms with Crippen LogP contribution in [-0.2, 0) is 22.6 Å². The molecular formula is C27H26N2O4. The lowest BCUT2D eigenvalue weighted by atomic mass is 9.93. The number of aryl methyl sites for hydroxylation is 2. The molecule has 0 bridgehead atoms. The van der Waals surface area contributed by atoms with Gasteiger partial charge < -0.3 is 14.7 Å². The number of nitrogens with one attached hydrogen (secondary N) is 1. The van der Waals surface area contributed by atoms with Crippen molar-refractivity contribution in [3.05, 3.63) is 100 Å². The third-order valence-corrected chi connectivity index (χ3v) is 6.04. The number of amides is 1. The molecular weight excluding hydrogens is 416 g/mol. The molecule has 1 N–H and O–H groups in total. The third-order valence-electron chi connectivity index (χ3n) is 6.04. The fourth-order valence-corrected chi connectivity index (χ4v) is 4.20. The zero-order valence-electron chi connectivity index (χ0n) is 18.9. The number of rotatable bonds is 6. The van der Waals surface area contributed by atoms with E-state index < -0.39 is 23.5 Å². The van der Waals surface area contributed by atoms with Gasteiger partial charge in [-0.15, -0.1) is 0 Å². The van der Waals surface area contributed by atoms with Crippen LogP contribution in [-0.4, -0.2) is 23.7 Å². The van der Waals surface area contributed by atoms with E-state index in [1.54, 1.807) is 44.6 Å². The van der Waals surface area contributed by atoms with Crippen LogP contribution >= 0.6 is 0 Å². The Labute approximate surface area is 193 Å². The quantitative estimate of drug-likeness (QED) is 0.334. The summed E-state index contributed by atoms with van der Waals surface area (Å²) in [5, 5.41) is 13.6. The molecule has 0 spiro atoms. The van der Waals surface area contributed by atoms with E-state index >= 15 is 0 Å². The molecule has 4 rings (SSSR count). The molecule has 33 heavy (non-hydrogen) atoms. The minimum absolute atomic E-state index is 0.0163. The van der Waals surface area contributed by atoms with Gasteiger partial charge in [0.05, 0.1) is 19.7 Å². The molecule has 0 saturated carbocycles. The van der Waals surface area contributed by atoms with Crippen molar-refractivity contribution in [3.63, 3.8) is 0 Å². The van der Waals surface area contributed by atoms with E-state index in [1.807, 2.05) is 36.4 Å². The van der Waals surface area contributed by atoms with Gasteiger partial charge in [-0.05, 0) is 53.8 Å². The van der Waals surface area contributed by atoms with Gasteiger partial charge in [-0.25, -0.2) is 4.98 Å². The lowest BCUT2D eigenvalue weighted by Crippen LogP contribution is -2.29. The molecule has 1 amide bonds. The maximum Gasteiger partial charge on any atom is 0.295 e. The molecule has 2 heterocycles. The number of methoxy groups -OCH3 is 1. The smallest absolute Gasteiger partial charge is 0.295 e. The van der Waals surface area contributed by atoms with Gasteiger partial charge in [0.1, 0.15) is 5.75 Å². The molecule has 3 aromatic rings. The highest BCUT2D eigenvalue weighted by Crippen LogP contribution is 2.40. The number of carbonyl (C=O) groups excluding carboxylic acids is 2. The van der Waals surface area contributed by atoms with Gasteiger partial charge in [0.15, 0.2) is 12.4 Å². The molecule has 6 heteroatoms. The second-order valence-corrected chi connectivity index (χ2v) is 8.10. The van der Waals surface area contributed by atoms with Crippen LogP contribution in [0.3, 0.4) is 0 Å². The highest BCUT2D eigenvalue weighted by atomic mass is 16.5. The normalized spacial score (nSPS) is 17.4. The number of pyridine rings is 1. The summed E-state index contributed by atoms with van der Waals surface area (Å²) in [6.07, 6.45) is 4.42. The molecule has 1 atom stereocenters. The fraction of sp³-hybridized carbons (Fsp3) is 0.222. The number of H-pyrrole nitrogens is 1. The second kappa shape index (κ2) is 9.28. The first-order valence-electron chi connectivity index (χ1n) is 10.9. The van der Waals surface area contributed by atoms with Crippen LogP contribution in [0.1, 0.15) is 40.8 Å². The van der Waals surface area contributed by atoms with Crippen molar-refractivity contribution in [2.24, 2.45) is 0 Å². The number of aromatic nitrogens is 1. The molecule has 1 aliphatic rings. The standard InChI is InChI=1S/C27H26N2O4/c1-4-18-7-9-20(10-8-18)24-23(25(30)22-12-11-21(33-3)14-17(22)2)26(31)27(32)29(24)16-19-6-5-13-28-15-19/h5-15,24,30H,4,16H2,1-3H3. The molecule has 2 aromatic carbocycles. The fourth-order valence-electron chi connectivity index (χ4n) is 4.20. The van der Waals surface area contributed by atoms with Crippen molar-refractivity contribution < 1.29 is 24.4 Å². The molecule has 0 aliphatic carbocycles. The van der Waals surface area contributed by atoms with Crippen LogP contribution in [0, 0.1) is 6.92 Å². The van der Waals surface area contributed by atoms with Gasteiger partial charge >= 0.3 is 0 Å². The van der Waals surface area contributed by atoms with Crippen molar-refractivity contribution in [3.8, 4) is 5.75 Å². The number of aromatic amines is 1. The lowest BCUT2D eigenvalue weighted by Gasteiger charge is -2.28. The summed E-state index contributed by atoms with van der Waals surface area (Å²) in [6, 6.07) is 15.8. The Morgan fingerprint density at radius 2 is 1.85 bits per heavy atom. The number of ketones is 1. The third kappa shape index (κ3) is 4.24. The summed E-state index contributed by atoms with van der Waals surface area (Å²) in [5.74, 6) is -1.23. The van der Waals surface area contributed by atoms with Crippen LogP contribution in [0.4, 0.5) is 0 Å². The molecule has 1 aromatic heterocycles. The van der Waals surface area contributed by atoms with Crippen LogP contribution in [0.5, 0.6) is 5.75 Å². The van der Waals surface area contributed by atoms with Gasteiger partial charge in [-0.1, -0.05) is 43.0 Å². The number of likely N-dealkylation sites (tertiary alicyclic amines) is 1. The average Bonchev–Trinajstić information content (AvgIpc) is 3.09. The number of Topliss-reactive ketones (excluding diaryl/α,β-unsaturated/α-hetero) is 1. The van der Waals surface area contributed by atoms with E-state index in [0.717, 1.165) is 23.1 Å². The first-order valence-corrected chi connectivity index (χ1v) is 10.9. The summed E-state index contributed by atoms with van der Waals surface area (Å²) < 4.78 is 5.24. The first kappa shape index (κ1) is 22.3. The van der Waals surface area contributed by atoms with Gasteiger partial charge in [-0.2, -0.15) is 0 Å². The van der Waals surface area contributed by atoms with E-state index in [0.29, 0.717) is 16.9 Å². The molecule has 1 fully saturated rings. The number of hydrogen-bond donors (Lipinski definition) is 0. The maximum atomic E-state index is 13.6. The van der Waals surface area contributed by atoms with E-state index in [9.17, 15) is 14.7 Å². The van der Waals surface area contributed by atoms with Crippen LogP contribution in [0.15, 0.2) is 72.6 Å². The van der Waals surface area contributed by atoms with Crippen LogP contribution in [0.2, 0.25) is 0 Å². The van der Waals surface area contributed by atoms with E-state index in [2.05, 4.69) is 11.9 Å². The van der Waals surface area contributed by atoms with Crippen molar-refractivity contribution in [2.75, 3.05) is 7.11 Å². The monoisotopic (exact) mass is 442 g/mol. The molecule has 6 nitrogen and oxygen atoms in total.